The minimum absolute atomic E-state index is 0.242. The number of hydrogen-bond acceptors (Lipinski definition) is 3. The third-order valence-corrected chi connectivity index (χ3v) is 5.83. The lowest BCUT2D eigenvalue weighted by Gasteiger charge is -2.32. The molecule has 1 aliphatic rings. The molecule has 30 heavy (non-hydrogen) atoms. The first-order valence-corrected chi connectivity index (χ1v) is 10.7. The van der Waals surface area contributed by atoms with Crippen LogP contribution in [0.15, 0.2) is 91.0 Å². The second kappa shape index (κ2) is 8.68. The van der Waals surface area contributed by atoms with Crippen molar-refractivity contribution in [2.24, 2.45) is 0 Å². The Morgan fingerprint density at radius 2 is 1.47 bits per heavy atom. The zero-order chi connectivity index (χ0) is 20.2. The van der Waals surface area contributed by atoms with Gasteiger partial charge in [0.2, 0.25) is 0 Å². The highest BCUT2D eigenvalue weighted by molar-refractivity contribution is 5.87. The number of rotatable bonds is 5. The highest BCUT2D eigenvalue weighted by Gasteiger charge is 2.21. The van der Waals surface area contributed by atoms with E-state index in [9.17, 15) is 0 Å². The van der Waals surface area contributed by atoms with Crippen LogP contribution < -0.4 is 4.74 Å². The fourth-order valence-corrected chi connectivity index (χ4v) is 4.20. The molecule has 0 bridgehead atoms. The second-order valence-corrected chi connectivity index (χ2v) is 7.97. The molecular weight excluding hydrogens is 368 g/mol. The Kier molecular flexibility index (Phi) is 5.45. The summed E-state index contributed by atoms with van der Waals surface area (Å²) in [5.74, 6) is 0.945. The van der Waals surface area contributed by atoms with E-state index in [2.05, 4.69) is 83.8 Å². The summed E-state index contributed by atoms with van der Waals surface area (Å²) in [4.78, 5) is 7.39. The zero-order valence-corrected chi connectivity index (χ0v) is 17.1. The first kappa shape index (κ1) is 18.8. The molecule has 1 aromatic heterocycles. The van der Waals surface area contributed by atoms with Crippen molar-refractivity contribution >= 4 is 10.9 Å². The number of hydrogen-bond donors (Lipinski definition) is 0. The van der Waals surface area contributed by atoms with Crippen LogP contribution in [0.3, 0.4) is 0 Å². The standard InChI is InChI=1S/C27H26N2O/c1-3-9-21(10-4-1)20-29-17-15-23(16-18-29)30-27-19-26(22-11-5-2-6-12-22)28-25-14-8-7-13-24(25)27/h1-14,19,23H,15-18,20H2. The van der Waals surface area contributed by atoms with Gasteiger partial charge < -0.3 is 4.74 Å². The predicted molar refractivity (Wildman–Crippen MR) is 123 cm³/mol. The summed E-state index contributed by atoms with van der Waals surface area (Å²) in [7, 11) is 0. The molecule has 4 aromatic rings. The summed E-state index contributed by atoms with van der Waals surface area (Å²) in [5.41, 5.74) is 4.44. The lowest BCUT2D eigenvalue weighted by atomic mass is 10.1. The number of fused-ring (bicyclic) bond motifs is 1. The molecule has 0 radical (unpaired) electrons. The van der Waals surface area contributed by atoms with E-state index in [0.29, 0.717) is 0 Å². The molecule has 1 fully saturated rings. The maximum absolute atomic E-state index is 6.56. The lowest BCUT2D eigenvalue weighted by molar-refractivity contribution is 0.0980. The largest absolute Gasteiger partial charge is 0.490 e. The van der Waals surface area contributed by atoms with Gasteiger partial charge in [-0.25, -0.2) is 4.98 Å². The van der Waals surface area contributed by atoms with E-state index in [1.54, 1.807) is 0 Å². The SMILES string of the molecule is c1ccc(CN2CCC(Oc3cc(-c4ccccc4)nc4ccccc34)CC2)cc1. The number of nitrogens with zero attached hydrogens (tertiary/aromatic N) is 2. The van der Waals surface area contributed by atoms with Gasteiger partial charge in [0.25, 0.3) is 0 Å². The number of piperidine rings is 1. The van der Waals surface area contributed by atoms with Crippen LogP contribution >= 0.6 is 0 Å². The molecule has 0 aliphatic carbocycles. The summed E-state index contributed by atoms with van der Waals surface area (Å²) < 4.78 is 6.56. The molecule has 0 amide bonds. The maximum Gasteiger partial charge on any atom is 0.131 e. The molecule has 3 heteroatoms. The molecule has 0 atom stereocenters. The molecule has 0 N–H and O–H groups in total. The summed E-state index contributed by atoms with van der Waals surface area (Å²) in [6.45, 7) is 3.14. The Hall–Kier alpha value is -3.17. The molecule has 0 unspecified atom stereocenters. The van der Waals surface area contributed by atoms with Crippen LogP contribution in [0.5, 0.6) is 5.75 Å². The highest BCUT2D eigenvalue weighted by Crippen LogP contribution is 2.32. The van der Waals surface area contributed by atoms with Crippen molar-refractivity contribution in [3.05, 3.63) is 96.6 Å². The average Bonchev–Trinajstić information content (AvgIpc) is 2.81. The third kappa shape index (κ3) is 4.22. The molecule has 2 heterocycles. The van der Waals surface area contributed by atoms with Gasteiger partial charge in [0.15, 0.2) is 0 Å². The van der Waals surface area contributed by atoms with Crippen molar-refractivity contribution in [3.8, 4) is 17.0 Å². The summed E-state index contributed by atoms with van der Waals surface area (Å²) in [6, 6.07) is 31.4. The van der Waals surface area contributed by atoms with E-state index >= 15 is 0 Å². The van der Waals surface area contributed by atoms with Gasteiger partial charge in [0.1, 0.15) is 11.9 Å². The predicted octanol–water partition coefficient (Wildman–Crippen LogP) is 5.95. The summed E-state index contributed by atoms with van der Waals surface area (Å²) in [6.07, 6.45) is 2.33. The number of benzene rings is 3. The normalized spacial score (nSPS) is 15.3. The topological polar surface area (TPSA) is 25.4 Å². The van der Waals surface area contributed by atoms with Gasteiger partial charge in [-0.1, -0.05) is 72.8 Å². The lowest BCUT2D eigenvalue weighted by Crippen LogP contribution is -2.37. The van der Waals surface area contributed by atoms with Gasteiger partial charge in [-0.05, 0) is 30.5 Å². The van der Waals surface area contributed by atoms with Gasteiger partial charge in [-0.2, -0.15) is 0 Å². The van der Waals surface area contributed by atoms with E-state index in [-0.39, 0.29) is 6.10 Å². The quantitative estimate of drug-likeness (QED) is 0.418. The second-order valence-electron chi connectivity index (χ2n) is 7.97. The average molecular weight is 395 g/mol. The molecule has 3 nitrogen and oxygen atoms in total. The molecule has 1 saturated heterocycles. The van der Waals surface area contributed by atoms with Crippen molar-refractivity contribution < 1.29 is 4.74 Å². The highest BCUT2D eigenvalue weighted by atomic mass is 16.5. The fraction of sp³-hybridized carbons (Fsp3) is 0.222. The minimum atomic E-state index is 0.242. The van der Waals surface area contributed by atoms with Crippen LogP contribution in [0, 0.1) is 0 Å². The molecule has 3 aromatic carbocycles. The molecule has 0 spiro atoms. The van der Waals surface area contributed by atoms with E-state index in [4.69, 9.17) is 9.72 Å². The molecule has 0 saturated carbocycles. The van der Waals surface area contributed by atoms with Gasteiger partial charge in [-0.3, -0.25) is 4.90 Å². The Morgan fingerprint density at radius 3 is 2.23 bits per heavy atom. The fourth-order valence-electron chi connectivity index (χ4n) is 4.20. The Morgan fingerprint density at radius 1 is 0.800 bits per heavy atom. The number of para-hydroxylation sites is 1. The van der Waals surface area contributed by atoms with Crippen LogP contribution in [-0.4, -0.2) is 29.1 Å². The smallest absolute Gasteiger partial charge is 0.131 e. The van der Waals surface area contributed by atoms with E-state index < -0.39 is 0 Å². The van der Waals surface area contributed by atoms with Crippen LogP contribution in [0.4, 0.5) is 0 Å². The van der Waals surface area contributed by atoms with Crippen LogP contribution in [0.2, 0.25) is 0 Å². The van der Waals surface area contributed by atoms with E-state index in [1.165, 1.54) is 5.56 Å². The van der Waals surface area contributed by atoms with Gasteiger partial charge in [0, 0.05) is 36.7 Å². The summed E-state index contributed by atoms with van der Waals surface area (Å²) in [5, 5.41) is 1.09. The van der Waals surface area contributed by atoms with Crippen molar-refractivity contribution in [1.29, 1.82) is 0 Å². The van der Waals surface area contributed by atoms with Gasteiger partial charge >= 0.3 is 0 Å². The molecule has 150 valence electrons. The van der Waals surface area contributed by atoms with Crippen molar-refractivity contribution in [3.63, 3.8) is 0 Å². The summed E-state index contributed by atoms with van der Waals surface area (Å²) >= 11 is 0. The van der Waals surface area contributed by atoms with Crippen LogP contribution in [-0.2, 0) is 6.54 Å². The number of pyridine rings is 1. The van der Waals surface area contributed by atoms with Gasteiger partial charge in [-0.15, -0.1) is 0 Å². The number of aromatic nitrogens is 1. The van der Waals surface area contributed by atoms with Crippen molar-refractivity contribution in [2.45, 2.75) is 25.5 Å². The van der Waals surface area contributed by atoms with Crippen molar-refractivity contribution in [2.75, 3.05) is 13.1 Å². The monoisotopic (exact) mass is 394 g/mol. The first-order chi connectivity index (χ1) is 14.8. The van der Waals surface area contributed by atoms with Crippen molar-refractivity contribution in [1.82, 2.24) is 9.88 Å². The van der Waals surface area contributed by atoms with Crippen LogP contribution in [0.1, 0.15) is 18.4 Å². The zero-order valence-electron chi connectivity index (χ0n) is 17.1. The van der Waals surface area contributed by atoms with E-state index in [1.807, 2.05) is 12.1 Å². The minimum Gasteiger partial charge on any atom is -0.490 e. The Labute approximate surface area is 178 Å². The Balaban J connectivity index is 1.33. The Bertz CT molecular complexity index is 1100. The molecule has 1 aliphatic heterocycles. The first-order valence-electron chi connectivity index (χ1n) is 10.7. The van der Waals surface area contributed by atoms with Crippen LogP contribution in [0.25, 0.3) is 22.2 Å². The number of likely N-dealkylation sites (tertiary alicyclic amines) is 1. The molecular formula is C27H26N2O. The van der Waals surface area contributed by atoms with E-state index in [0.717, 1.165) is 60.4 Å². The third-order valence-electron chi connectivity index (χ3n) is 5.83. The van der Waals surface area contributed by atoms with Gasteiger partial charge in [0.05, 0.1) is 11.2 Å². The molecule has 5 rings (SSSR count). The number of ether oxygens (including phenoxy) is 1. The maximum atomic E-state index is 6.56.